The molecule has 0 atom stereocenters. The number of aromatic nitrogens is 1. The summed E-state index contributed by atoms with van der Waals surface area (Å²) >= 11 is 1.56. The van der Waals surface area contributed by atoms with Crippen LogP contribution in [0.15, 0.2) is 29.6 Å². The van der Waals surface area contributed by atoms with Crippen LogP contribution in [-0.2, 0) is 16.9 Å². The average Bonchev–Trinajstić information content (AvgIpc) is 2.77. The zero-order chi connectivity index (χ0) is 13.2. The highest BCUT2D eigenvalue weighted by molar-refractivity contribution is 7.09. The van der Waals surface area contributed by atoms with Crippen LogP contribution in [0.3, 0.4) is 0 Å². The van der Waals surface area contributed by atoms with E-state index >= 15 is 0 Å². The lowest BCUT2D eigenvalue weighted by Crippen LogP contribution is -2.10. The Bertz CT molecular complexity index is 511. The van der Waals surface area contributed by atoms with Gasteiger partial charge < -0.3 is 0 Å². The molecular formula is C14H18N2OS. The van der Waals surface area contributed by atoms with E-state index in [4.69, 9.17) is 5.90 Å². The molecule has 96 valence electrons. The van der Waals surface area contributed by atoms with Gasteiger partial charge in [-0.25, -0.2) is 10.9 Å². The highest BCUT2D eigenvalue weighted by Gasteiger charge is 2.13. The Hall–Kier alpha value is -1.23. The van der Waals surface area contributed by atoms with Crippen molar-refractivity contribution in [3.05, 3.63) is 40.2 Å². The lowest BCUT2D eigenvalue weighted by molar-refractivity contribution is 0.124. The van der Waals surface area contributed by atoms with Crippen LogP contribution in [0.5, 0.6) is 0 Å². The van der Waals surface area contributed by atoms with E-state index in [-0.39, 0.29) is 5.41 Å². The predicted octanol–water partition coefficient (Wildman–Crippen LogP) is 3.50. The quantitative estimate of drug-likeness (QED) is 0.861. The van der Waals surface area contributed by atoms with Crippen LogP contribution in [0.4, 0.5) is 0 Å². The predicted molar refractivity (Wildman–Crippen MR) is 75.2 cm³/mol. The van der Waals surface area contributed by atoms with Crippen molar-refractivity contribution in [1.29, 1.82) is 0 Å². The Morgan fingerprint density at radius 3 is 2.44 bits per heavy atom. The molecule has 18 heavy (non-hydrogen) atoms. The molecule has 0 aliphatic heterocycles. The van der Waals surface area contributed by atoms with Crippen molar-refractivity contribution in [2.75, 3.05) is 0 Å². The first-order chi connectivity index (χ1) is 8.50. The van der Waals surface area contributed by atoms with Gasteiger partial charge in [0.15, 0.2) is 0 Å². The second-order valence-electron chi connectivity index (χ2n) is 5.26. The molecule has 0 radical (unpaired) electrons. The van der Waals surface area contributed by atoms with Gasteiger partial charge in [-0.15, -0.1) is 11.3 Å². The molecule has 0 unspecified atom stereocenters. The summed E-state index contributed by atoms with van der Waals surface area (Å²) in [5.74, 6) is 5.04. The zero-order valence-electron chi connectivity index (χ0n) is 10.9. The third-order valence-electron chi connectivity index (χ3n) is 2.81. The van der Waals surface area contributed by atoms with Crippen molar-refractivity contribution in [3.63, 3.8) is 0 Å². The molecule has 0 aliphatic carbocycles. The van der Waals surface area contributed by atoms with E-state index in [1.165, 1.54) is 5.56 Å². The Labute approximate surface area is 112 Å². The molecule has 2 N–H and O–H groups in total. The Morgan fingerprint density at radius 2 is 1.89 bits per heavy atom. The first kappa shape index (κ1) is 13.2. The van der Waals surface area contributed by atoms with Gasteiger partial charge in [0, 0.05) is 10.9 Å². The van der Waals surface area contributed by atoms with E-state index in [9.17, 15) is 0 Å². The van der Waals surface area contributed by atoms with Crippen LogP contribution < -0.4 is 5.90 Å². The number of nitrogens with zero attached hydrogens (tertiary/aromatic N) is 1. The van der Waals surface area contributed by atoms with Crippen LogP contribution >= 0.6 is 11.3 Å². The number of hydrogen-bond acceptors (Lipinski definition) is 4. The van der Waals surface area contributed by atoms with Crippen LogP contribution in [0.1, 0.15) is 31.3 Å². The highest BCUT2D eigenvalue weighted by atomic mass is 32.1. The van der Waals surface area contributed by atoms with Crippen molar-refractivity contribution in [2.24, 2.45) is 5.90 Å². The second kappa shape index (κ2) is 5.18. The number of nitrogens with two attached hydrogens (primary N) is 1. The molecule has 0 amide bonds. The van der Waals surface area contributed by atoms with Gasteiger partial charge in [0.25, 0.3) is 0 Å². The normalized spacial score (nSPS) is 11.8. The summed E-state index contributed by atoms with van der Waals surface area (Å²) in [6.45, 7) is 7.00. The van der Waals surface area contributed by atoms with Gasteiger partial charge in [-0.1, -0.05) is 45.0 Å². The number of benzene rings is 1. The maximum absolute atomic E-state index is 5.04. The van der Waals surface area contributed by atoms with E-state index in [1.54, 1.807) is 11.3 Å². The number of thiazole rings is 1. The molecule has 0 saturated heterocycles. The molecule has 0 aliphatic rings. The monoisotopic (exact) mass is 262 g/mol. The SMILES string of the molecule is CC(C)(C)c1ccc(-c2csc(CON)n2)cc1. The van der Waals surface area contributed by atoms with Gasteiger partial charge in [-0.3, -0.25) is 4.84 Å². The summed E-state index contributed by atoms with van der Waals surface area (Å²) < 4.78 is 0. The van der Waals surface area contributed by atoms with E-state index < -0.39 is 0 Å². The fourth-order valence-corrected chi connectivity index (χ4v) is 2.45. The maximum Gasteiger partial charge on any atom is 0.121 e. The fourth-order valence-electron chi connectivity index (χ4n) is 1.72. The Morgan fingerprint density at radius 1 is 1.22 bits per heavy atom. The van der Waals surface area contributed by atoms with Gasteiger partial charge in [0.05, 0.1) is 5.69 Å². The topological polar surface area (TPSA) is 48.1 Å². The van der Waals surface area contributed by atoms with Gasteiger partial charge in [0.2, 0.25) is 0 Å². The molecule has 2 rings (SSSR count). The van der Waals surface area contributed by atoms with E-state index in [0.29, 0.717) is 6.61 Å². The molecule has 1 aromatic carbocycles. The van der Waals surface area contributed by atoms with E-state index in [1.807, 2.05) is 5.38 Å². The molecular weight excluding hydrogens is 244 g/mol. The molecule has 1 aromatic heterocycles. The molecule has 0 spiro atoms. The van der Waals surface area contributed by atoms with Gasteiger partial charge >= 0.3 is 0 Å². The van der Waals surface area contributed by atoms with Gasteiger partial charge in [-0.2, -0.15) is 0 Å². The van der Waals surface area contributed by atoms with Crippen molar-refractivity contribution >= 4 is 11.3 Å². The molecule has 0 bridgehead atoms. The third kappa shape index (κ3) is 2.96. The second-order valence-corrected chi connectivity index (χ2v) is 6.21. The Balaban J connectivity index is 2.23. The summed E-state index contributed by atoms with van der Waals surface area (Å²) in [7, 11) is 0. The third-order valence-corrected chi connectivity index (χ3v) is 3.63. The highest BCUT2D eigenvalue weighted by Crippen LogP contribution is 2.27. The number of rotatable bonds is 3. The van der Waals surface area contributed by atoms with Crippen LogP contribution in [0, 0.1) is 0 Å². The summed E-state index contributed by atoms with van der Waals surface area (Å²) in [6, 6.07) is 8.55. The summed E-state index contributed by atoms with van der Waals surface area (Å²) in [4.78, 5) is 9.06. The zero-order valence-corrected chi connectivity index (χ0v) is 11.8. The minimum atomic E-state index is 0.180. The van der Waals surface area contributed by atoms with Crippen molar-refractivity contribution in [1.82, 2.24) is 4.98 Å². The van der Waals surface area contributed by atoms with Crippen LogP contribution in [0.2, 0.25) is 0 Å². The van der Waals surface area contributed by atoms with Crippen LogP contribution in [0.25, 0.3) is 11.3 Å². The standard InChI is InChI=1S/C14H18N2OS/c1-14(2,3)11-6-4-10(5-7-11)12-9-18-13(16-12)8-17-15/h4-7,9H,8,15H2,1-3H3. The lowest BCUT2D eigenvalue weighted by atomic mass is 9.86. The van der Waals surface area contributed by atoms with Crippen molar-refractivity contribution in [2.45, 2.75) is 32.8 Å². The largest absolute Gasteiger partial charge is 0.297 e. The molecule has 3 nitrogen and oxygen atoms in total. The van der Waals surface area contributed by atoms with Gasteiger partial charge in [-0.05, 0) is 11.0 Å². The van der Waals surface area contributed by atoms with Crippen molar-refractivity contribution < 1.29 is 4.84 Å². The molecule has 0 fully saturated rings. The van der Waals surface area contributed by atoms with Crippen LogP contribution in [-0.4, -0.2) is 4.98 Å². The fraction of sp³-hybridized carbons (Fsp3) is 0.357. The summed E-state index contributed by atoms with van der Waals surface area (Å²) in [5, 5.41) is 2.92. The van der Waals surface area contributed by atoms with Crippen molar-refractivity contribution in [3.8, 4) is 11.3 Å². The smallest absolute Gasteiger partial charge is 0.121 e. The van der Waals surface area contributed by atoms with E-state index in [2.05, 4.69) is 54.9 Å². The first-order valence-corrected chi connectivity index (χ1v) is 6.75. The average molecular weight is 262 g/mol. The van der Waals surface area contributed by atoms with E-state index in [0.717, 1.165) is 16.3 Å². The minimum Gasteiger partial charge on any atom is -0.297 e. The minimum absolute atomic E-state index is 0.180. The number of hydrogen-bond donors (Lipinski definition) is 1. The van der Waals surface area contributed by atoms with Gasteiger partial charge in [0.1, 0.15) is 11.6 Å². The summed E-state index contributed by atoms with van der Waals surface area (Å²) in [5.41, 5.74) is 3.61. The molecule has 4 heteroatoms. The molecule has 1 heterocycles. The summed E-state index contributed by atoms with van der Waals surface area (Å²) in [6.07, 6.45) is 0. The molecule has 2 aromatic rings. The maximum atomic E-state index is 5.04. The Kier molecular flexibility index (Phi) is 3.80. The molecule has 0 saturated carbocycles. The lowest BCUT2D eigenvalue weighted by Gasteiger charge is -2.18. The first-order valence-electron chi connectivity index (χ1n) is 5.88.